The maximum absolute atomic E-state index is 12.2. The molecule has 2 aromatic rings. The number of thiophene rings is 1. The summed E-state index contributed by atoms with van der Waals surface area (Å²) in [5.41, 5.74) is 0.411. The van der Waals surface area contributed by atoms with Gasteiger partial charge in [-0.2, -0.15) is 0 Å². The molecule has 0 saturated carbocycles. The van der Waals surface area contributed by atoms with Crippen molar-refractivity contribution in [3.05, 3.63) is 48.2 Å². The number of hydrogen-bond donors (Lipinski definition) is 1. The molecule has 6 nitrogen and oxygen atoms in total. The molecule has 0 bridgehead atoms. The summed E-state index contributed by atoms with van der Waals surface area (Å²) in [5.74, 6) is 0. The van der Waals surface area contributed by atoms with E-state index >= 15 is 0 Å². The summed E-state index contributed by atoms with van der Waals surface area (Å²) in [4.78, 5) is 10.4. The minimum Gasteiger partial charge on any atom is -0.278 e. The highest BCUT2D eigenvalue weighted by Crippen LogP contribution is 2.33. The van der Waals surface area contributed by atoms with Gasteiger partial charge in [0.1, 0.15) is 4.21 Å². The van der Waals surface area contributed by atoms with Crippen LogP contribution in [0.25, 0.3) is 0 Å². The molecule has 1 N–H and O–H groups in total. The van der Waals surface area contributed by atoms with Crippen molar-refractivity contribution in [2.75, 3.05) is 4.72 Å². The zero-order valence-electron chi connectivity index (χ0n) is 10.5. The van der Waals surface area contributed by atoms with E-state index in [1.54, 1.807) is 13.0 Å². The zero-order valence-corrected chi connectivity index (χ0v) is 15.3. The molecule has 0 saturated heterocycles. The van der Waals surface area contributed by atoms with Crippen molar-refractivity contribution in [1.29, 1.82) is 0 Å². The number of halogens is 2. The van der Waals surface area contributed by atoms with E-state index < -0.39 is 14.9 Å². The summed E-state index contributed by atoms with van der Waals surface area (Å²) in [6.45, 7) is 1.58. The van der Waals surface area contributed by atoms with Crippen molar-refractivity contribution < 1.29 is 13.3 Å². The van der Waals surface area contributed by atoms with Crippen molar-refractivity contribution in [3.63, 3.8) is 0 Å². The minimum absolute atomic E-state index is 0.115. The quantitative estimate of drug-likeness (QED) is 0.549. The third kappa shape index (κ3) is 3.62. The van der Waals surface area contributed by atoms with Gasteiger partial charge in [0, 0.05) is 16.1 Å². The lowest BCUT2D eigenvalue weighted by Gasteiger charge is -2.09. The summed E-state index contributed by atoms with van der Waals surface area (Å²) >= 11 is 7.45. The minimum atomic E-state index is -3.78. The van der Waals surface area contributed by atoms with Gasteiger partial charge in [-0.1, -0.05) is 0 Å². The highest BCUT2D eigenvalue weighted by Gasteiger charge is 2.21. The third-order valence-corrected chi connectivity index (χ3v) is 6.68. The fourth-order valence-electron chi connectivity index (χ4n) is 1.57. The van der Waals surface area contributed by atoms with Crippen LogP contribution in [-0.4, -0.2) is 13.3 Å². The van der Waals surface area contributed by atoms with Crippen LogP contribution in [0.2, 0.25) is 0 Å². The Morgan fingerprint density at radius 3 is 2.48 bits per heavy atom. The van der Waals surface area contributed by atoms with Gasteiger partial charge in [0.05, 0.1) is 14.4 Å². The molecule has 10 heteroatoms. The van der Waals surface area contributed by atoms with Gasteiger partial charge < -0.3 is 0 Å². The van der Waals surface area contributed by atoms with Crippen LogP contribution in [0.4, 0.5) is 11.4 Å². The summed E-state index contributed by atoms with van der Waals surface area (Å²) in [6, 6.07) is 5.76. The number of nitrogens with zero attached hydrogens (tertiary/aromatic N) is 1. The number of sulfonamides is 1. The van der Waals surface area contributed by atoms with E-state index in [0.717, 1.165) is 11.3 Å². The molecule has 0 aliphatic heterocycles. The number of nitrogens with one attached hydrogen (secondary N) is 1. The number of benzene rings is 1. The average molecular weight is 456 g/mol. The number of hydrogen-bond acceptors (Lipinski definition) is 5. The second-order valence-electron chi connectivity index (χ2n) is 4.04. The molecule has 0 amide bonds. The molecule has 0 radical (unpaired) electrons. The van der Waals surface area contributed by atoms with Gasteiger partial charge in [-0.15, -0.1) is 11.3 Å². The largest absolute Gasteiger partial charge is 0.278 e. The first kappa shape index (κ1) is 16.4. The molecule has 112 valence electrons. The van der Waals surface area contributed by atoms with E-state index in [1.807, 2.05) is 0 Å². The fraction of sp³-hybridized carbons (Fsp3) is 0.0909. The summed E-state index contributed by atoms with van der Waals surface area (Å²) in [7, 11) is -3.78. The highest BCUT2D eigenvalue weighted by molar-refractivity contribution is 9.11. The molecule has 1 aromatic heterocycles. The third-order valence-electron chi connectivity index (χ3n) is 2.54. The maximum atomic E-state index is 12.2. The topological polar surface area (TPSA) is 89.3 Å². The standard InChI is InChI=1S/C11H8Br2N2O4S2/c1-6-4-7(12)8(5-9(6)15(16)17)14-21(18,19)11-3-2-10(13)20-11/h2-5,14H,1H3. The van der Waals surface area contributed by atoms with Crippen LogP contribution < -0.4 is 4.72 Å². The number of nitro groups is 1. The van der Waals surface area contributed by atoms with E-state index in [9.17, 15) is 18.5 Å². The number of anilines is 1. The smallest absolute Gasteiger partial charge is 0.274 e. The highest BCUT2D eigenvalue weighted by atomic mass is 79.9. The summed E-state index contributed by atoms with van der Waals surface area (Å²) in [5, 5.41) is 10.9. The van der Waals surface area contributed by atoms with Crippen molar-refractivity contribution in [1.82, 2.24) is 0 Å². The van der Waals surface area contributed by atoms with Gasteiger partial charge >= 0.3 is 0 Å². The molecular weight excluding hydrogens is 448 g/mol. The molecule has 2 rings (SSSR count). The number of nitro benzene ring substituents is 1. The van der Waals surface area contributed by atoms with Gasteiger partial charge in [-0.25, -0.2) is 8.42 Å². The van der Waals surface area contributed by atoms with E-state index in [0.29, 0.717) is 13.8 Å². The SMILES string of the molecule is Cc1cc(Br)c(NS(=O)(=O)c2ccc(Br)s2)cc1[N+](=O)[O-]. The lowest BCUT2D eigenvalue weighted by Crippen LogP contribution is -2.12. The Labute approximate surface area is 141 Å². The van der Waals surface area contributed by atoms with E-state index in [2.05, 4.69) is 36.6 Å². The Hall–Kier alpha value is -0.970. The number of aryl methyl sites for hydroxylation is 1. The van der Waals surface area contributed by atoms with Crippen molar-refractivity contribution in [2.24, 2.45) is 0 Å². The Morgan fingerprint density at radius 2 is 1.95 bits per heavy atom. The Kier molecular flexibility index (Phi) is 4.71. The molecule has 1 aromatic carbocycles. The zero-order chi connectivity index (χ0) is 15.8. The first-order valence-electron chi connectivity index (χ1n) is 5.43. The predicted molar refractivity (Wildman–Crippen MR) is 88.4 cm³/mol. The first-order valence-corrected chi connectivity index (χ1v) is 9.32. The van der Waals surface area contributed by atoms with Crippen LogP contribution in [0.1, 0.15) is 5.56 Å². The summed E-state index contributed by atoms with van der Waals surface area (Å²) in [6.07, 6.45) is 0. The van der Waals surface area contributed by atoms with Gasteiger partial charge in [-0.05, 0) is 57.0 Å². The van der Waals surface area contributed by atoms with Crippen molar-refractivity contribution in [3.8, 4) is 0 Å². The molecule has 1 heterocycles. The lowest BCUT2D eigenvalue weighted by atomic mass is 10.2. The van der Waals surface area contributed by atoms with E-state index in [-0.39, 0.29) is 15.6 Å². The Morgan fingerprint density at radius 1 is 1.29 bits per heavy atom. The average Bonchev–Trinajstić information content (AvgIpc) is 2.79. The second-order valence-corrected chi connectivity index (χ2v) is 9.27. The van der Waals surface area contributed by atoms with Crippen LogP contribution in [0.15, 0.2) is 36.7 Å². The van der Waals surface area contributed by atoms with Crippen LogP contribution in [0.3, 0.4) is 0 Å². The first-order chi connectivity index (χ1) is 9.70. The number of rotatable bonds is 4. The molecule has 0 fully saturated rings. The van der Waals surface area contributed by atoms with E-state index in [4.69, 9.17) is 0 Å². The molecule has 21 heavy (non-hydrogen) atoms. The molecule has 0 spiro atoms. The van der Waals surface area contributed by atoms with Gasteiger partial charge in [0.25, 0.3) is 15.7 Å². The van der Waals surface area contributed by atoms with Crippen LogP contribution in [-0.2, 0) is 10.0 Å². The summed E-state index contributed by atoms with van der Waals surface area (Å²) < 4.78 is 28.0. The fourth-order valence-corrected chi connectivity index (χ4v) is 5.34. The molecule has 0 aliphatic rings. The van der Waals surface area contributed by atoms with Crippen molar-refractivity contribution in [2.45, 2.75) is 11.1 Å². The van der Waals surface area contributed by atoms with Gasteiger partial charge in [-0.3, -0.25) is 14.8 Å². The maximum Gasteiger partial charge on any atom is 0.274 e. The van der Waals surface area contributed by atoms with Gasteiger partial charge in [0.15, 0.2) is 0 Å². The molecule has 0 aliphatic carbocycles. The monoisotopic (exact) mass is 454 g/mol. The molecular formula is C11H8Br2N2O4S2. The van der Waals surface area contributed by atoms with Crippen molar-refractivity contribution >= 4 is 64.6 Å². The van der Waals surface area contributed by atoms with Crippen LogP contribution in [0, 0.1) is 17.0 Å². The van der Waals surface area contributed by atoms with Crippen LogP contribution >= 0.6 is 43.2 Å². The van der Waals surface area contributed by atoms with Crippen LogP contribution in [0.5, 0.6) is 0 Å². The lowest BCUT2D eigenvalue weighted by molar-refractivity contribution is -0.385. The normalized spacial score (nSPS) is 11.4. The molecule has 0 atom stereocenters. The Balaban J connectivity index is 2.44. The molecule has 0 unspecified atom stereocenters. The van der Waals surface area contributed by atoms with E-state index in [1.165, 1.54) is 18.2 Å². The van der Waals surface area contributed by atoms with Gasteiger partial charge in [0.2, 0.25) is 0 Å². The second kappa shape index (κ2) is 6.03. The predicted octanol–water partition coefficient (Wildman–Crippen LogP) is 4.29. The Bertz CT molecular complexity index is 818.